The molecule has 4 heteroatoms. The zero-order chi connectivity index (χ0) is 15.0. The van der Waals surface area contributed by atoms with Gasteiger partial charge in [0.15, 0.2) is 0 Å². The first-order chi connectivity index (χ1) is 9.67. The van der Waals surface area contributed by atoms with Crippen LogP contribution in [0.3, 0.4) is 0 Å². The highest BCUT2D eigenvalue weighted by Crippen LogP contribution is 2.18. The van der Waals surface area contributed by atoms with E-state index in [1.54, 1.807) is 18.9 Å². The van der Waals surface area contributed by atoms with E-state index in [0.29, 0.717) is 13.2 Å². The third-order valence-corrected chi connectivity index (χ3v) is 4.26. The Kier molecular flexibility index (Phi) is 7.70. The van der Waals surface area contributed by atoms with Crippen LogP contribution in [0.15, 0.2) is 29.2 Å². The number of amides is 1. The number of nitrogens with zero attached hydrogens (tertiary/aromatic N) is 1. The van der Waals surface area contributed by atoms with E-state index in [1.807, 2.05) is 35.4 Å². The molecule has 0 atom stereocenters. The maximum absolute atomic E-state index is 12.7. The number of hydrogen-bond acceptors (Lipinski definition) is 3. The molecule has 0 saturated carbocycles. The van der Waals surface area contributed by atoms with Crippen molar-refractivity contribution in [3.05, 3.63) is 29.8 Å². The summed E-state index contributed by atoms with van der Waals surface area (Å²) in [7, 11) is 1.67. The Balaban J connectivity index is 2.89. The van der Waals surface area contributed by atoms with Crippen molar-refractivity contribution in [3.63, 3.8) is 0 Å². The monoisotopic (exact) mass is 295 g/mol. The second-order valence-electron chi connectivity index (χ2n) is 4.69. The first-order valence-corrected chi connectivity index (χ1v) is 8.34. The molecular formula is C16H25NO2S. The average Bonchev–Trinajstić information content (AvgIpc) is 2.51. The van der Waals surface area contributed by atoms with Gasteiger partial charge >= 0.3 is 0 Å². The highest BCUT2D eigenvalue weighted by Gasteiger charge is 2.21. The smallest absolute Gasteiger partial charge is 0.254 e. The molecular weight excluding hydrogens is 270 g/mol. The van der Waals surface area contributed by atoms with Crippen LogP contribution in [-0.4, -0.2) is 43.4 Å². The van der Waals surface area contributed by atoms with Gasteiger partial charge in [-0.25, -0.2) is 0 Å². The fourth-order valence-electron chi connectivity index (χ4n) is 2.27. The van der Waals surface area contributed by atoms with E-state index < -0.39 is 0 Å². The van der Waals surface area contributed by atoms with Crippen LogP contribution in [0, 0.1) is 0 Å². The van der Waals surface area contributed by atoms with E-state index >= 15 is 0 Å². The first-order valence-electron chi connectivity index (χ1n) is 7.11. The van der Waals surface area contributed by atoms with Crippen LogP contribution in [0.1, 0.15) is 37.0 Å². The highest BCUT2D eigenvalue weighted by atomic mass is 32.2. The lowest BCUT2D eigenvalue weighted by Gasteiger charge is -2.30. The third-order valence-electron chi connectivity index (χ3n) is 3.52. The zero-order valence-corrected chi connectivity index (χ0v) is 13.7. The minimum atomic E-state index is 0.100. The Morgan fingerprint density at radius 2 is 1.85 bits per heavy atom. The van der Waals surface area contributed by atoms with Crippen molar-refractivity contribution >= 4 is 17.7 Å². The van der Waals surface area contributed by atoms with Gasteiger partial charge in [0.2, 0.25) is 0 Å². The van der Waals surface area contributed by atoms with Gasteiger partial charge in [-0.1, -0.05) is 13.8 Å². The number of rotatable bonds is 8. The molecule has 1 amide bonds. The number of hydrogen-bond donors (Lipinski definition) is 0. The fraction of sp³-hybridized carbons (Fsp3) is 0.562. The van der Waals surface area contributed by atoms with E-state index in [-0.39, 0.29) is 11.9 Å². The van der Waals surface area contributed by atoms with Crippen LogP contribution < -0.4 is 0 Å². The molecule has 0 spiro atoms. The maximum atomic E-state index is 12.7. The summed E-state index contributed by atoms with van der Waals surface area (Å²) in [6.07, 6.45) is 3.97. The molecule has 0 saturated heterocycles. The third kappa shape index (κ3) is 4.53. The van der Waals surface area contributed by atoms with Gasteiger partial charge in [0.1, 0.15) is 0 Å². The quantitative estimate of drug-likeness (QED) is 0.685. The van der Waals surface area contributed by atoms with Crippen LogP contribution in [0.5, 0.6) is 0 Å². The second kappa shape index (κ2) is 9.03. The fourth-order valence-corrected chi connectivity index (χ4v) is 2.68. The number of benzene rings is 1. The average molecular weight is 295 g/mol. The van der Waals surface area contributed by atoms with E-state index in [2.05, 4.69) is 13.8 Å². The van der Waals surface area contributed by atoms with Crippen molar-refractivity contribution < 1.29 is 9.53 Å². The Bertz CT molecular complexity index is 401. The summed E-state index contributed by atoms with van der Waals surface area (Å²) in [5, 5.41) is 0. The molecule has 0 aliphatic carbocycles. The van der Waals surface area contributed by atoms with Gasteiger partial charge in [-0.2, -0.15) is 0 Å². The van der Waals surface area contributed by atoms with Crippen molar-refractivity contribution in [1.82, 2.24) is 4.90 Å². The summed E-state index contributed by atoms with van der Waals surface area (Å²) in [6.45, 7) is 5.47. The van der Waals surface area contributed by atoms with E-state index in [1.165, 1.54) is 4.90 Å². The number of carbonyl (C=O) groups excluding carboxylic acids is 1. The molecule has 3 nitrogen and oxygen atoms in total. The number of ether oxygens (including phenoxy) is 1. The molecule has 1 aromatic carbocycles. The number of carbonyl (C=O) groups is 1. The van der Waals surface area contributed by atoms with Gasteiger partial charge in [0, 0.05) is 30.2 Å². The van der Waals surface area contributed by atoms with E-state index in [4.69, 9.17) is 4.74 Å². The van der Waals surface area contributed by atoms with Crippen LogP contribution >= 0.6 is 11.8 Å². The van der Waals surface area contributed by atoms with E-state index in [9.17, 15) is 4.79 Å². The molecule has 0 radical (unpaired) electrons. The van der Waals surface area contributed by atoms with Crippen molar-refractivity contribution in [2.75, 3.05) is 26.5 Å². The zero-order valence-electron chi connectivity index (χ0n) is 12.9. The Labute approximate surface area is 126 Å². The molecule has 0 aliphatic heterocycles. The Morgan fingerprint density at radius 1 is 1.25 bits per heavy atom. The second-order valence-corrected chi connectivity index (χ2v) is 5.57. The standard InChI is InChI=1S/C16H25NO2S/c1-5-14(6-2)17(11-12-19-3)16(18)13-7-9-15(20-4)10-8-13/h7-10,14H,5-6,11-12H2,1-4H3. The molecule has 0 heterocycles. The molecule has 0 unspecified atom stereocenters. The number of methoxy groups -OCH3 is 1. The summed E-state index contributed by atoms with van der Waals surface area (Å²) in [4.78, 5) is 15.8. The van der Waals surface area contributed by atoms with E-state index in [0.717, 1.165) is 18.4 Å². The van der Waals surface area contributed by atoms with Crippen LogP contribution in [0.25, 0.3) is 0 Å². The molecule has 20 heavy (non-hydrogen) atoms. The van der Waals surface area contributed by atoms with Gasteiger partial charge in [-0.15, -0.1) is 11.8 Å². The summed E-state index contributed by atoms with van der Waals surface area (Å²) in [5.74, 6) is 0.100. The van der Waals surface area contributed by atoms with Gasteiger partial charge < -0.3 is 9.64 Å². The number of thioether (sulfide) groups is 1. The lowest BCUT2D eigenvalue weighted by Crippen LogP contribution is -2.41. The van der Waals surface area contributed by atoms with Crippen LogP contribution in [0.2, 0.25) is 0 Å². The SMILES string of the molecule is CCC(CC)N(CCOC)C(=O)c1ccc(SC)cc1. The Morgan fingerprint density at radius 3 is 2.30 bits per heavy atom. The van der Waals surface area contributed by atoms with Gasteiger partial charge in [0.05, 0.1) is 6.61 Å². The topological polar surface area (TPSA) is 29.5 Å². The van der Waals surface area contributed by atoms with Gasteiger partial charge in [-0.3, -0.25) is 4.79 Å². The lowest BCUT2D eigenvalue weighted by atomic mass is 10.1. The van der Waals surface area contributed by atoms with Crippen molar-refractivity contribution in [1.29, 1.82) is 0 Å². The van der Waals surface area contributed by atoms with Crippen LogP contribution in [0.4, 0.5) is 0 Å². The predicted molar refractivity (Wildman–Crippen MR) is 85.5 cm³/mol. The predicted octanol–water partition coefficient (Wildman–Crippen LogP) is 3.69. The molecule has 1 aromatic rings. The lowest BCUT2D eigenvalue weighted by molar-refractivity contribution is 0.0589. The Hall–Kier alpha value is -1.00. The van der Waals surface area contributed by atoms with Crippen LogP contribution in [-0.2, 0) is 4.74 Å². The normalized spacial score (nSPS) is 10.8. The van der Waals surface area contributed by atoms with Crippen molar-refractivity contribution in [2.24, 2.45) is 0 Å². The molecule has 0 N–H and O–H groups in total. The molecule has 0 fully saturated rings. The summed E-state index contributed by atoms with van der Waals surface area (Å²) < 4.78 is 5.14. The van der Waals surface area contributed by atoms with Crippen molar-refractivity contribution in [2.45, 2.75) is 37.6 Å². The molecule has 0 aliphatic rings. The molecule has 0 bridgehead atoms. The molecule has 112 valence electrons. The van der Waals surface area contributed by atoms with Gasteiger partial charge in [-0.05, 0) is 43.4 Å². The maximum Gasteiger partial charge on any atom is 0.254 e. The summed E-state index contributed by atoms with van der Waals surface area (Å²) >= 11 is 1.68. The minimum absolute atomic E-state index is 0.100. The van der Waals surface area contributed by atoms with Gasteiger partial charge in [0.25, 0.3) is 5.91 Å². The highest BCUT2D eigenvalue weighted by molar-refractivity contribution is 7.98. The molecule has 0 aromatic heterocycles. The van der Waals surface area contributed by atoms with Crippen molar-refractivity contribution in [3.8, 4) is 0 Å². The largest absolute Gasteiger partial charge is 0.383 e. The minimum Gasteiger partial charge on any atom is -0.383 e. The summed E-state index contributed by atoms with van der Waals surface area (Å²) in [6, 6.07) is 8.10. The summed E-state index contributed by atoms with van der Waals surface area (Å²) in [5.41, 5.74) is 0.755. The molecule has 1 rings (SSSR count). The first kappa shape index (κ1) is 17.1.